The van der Waals surface area contributed by atoms with Crippen LogP contribution < -0.4 is 0 Å². The smallest absolute Gasteiger partial charge is 0.258 e. The zero-order chi connectivity index (χ0) is 15.9. The molecule has 0 N–H and O–H groups in total. The monoisotopic (exact) mass is 429 g/mol. The van der Waals surface area contributed by atoms with Gasteiger partial charge in [0, 0.05) is 33.5 Å². The van der Waals surface area contributed by atoms with Gasteiger partial charge in [0.05, 0.1) is 9.82 Å². The Morgan fingerprint density at radius 3 is 2.50 bits per heavy atom. The van der Waals surface area contributed by atoms with E-state index in [2.05, 4.69) is 4.98 Å². The third-order valence-corrected chi connectivity index (χ3v) is 5.61. The van der Waals surface area contributed by atoms with Gasteiger partial charge in [-0.2, -0.15) is 0 Å². The largest absolute Gasteiger partial charge is 0.269 e. The van der Waals surface area contributed by atoms with Crippen LogP contribution in [0.2, 0.25) is 0 Å². The van der Waals surface area contributed by atoms with E-state index < -0.39 is 14.9 Å². The summed E-state index contributed by atoms with van der Waals surface area (Å²) in [4.78, 5) is 14.2. The number of benzene rings is 1. The molecule has 2 heterocycles. The van der Waals surface area contributed by atoms with Crippen LogP contribution in [-0.2, 0) is 10.0 Å². The maximum atomic E-state index is 12.7. The van der Waals surface area contributed by atoms with E-state index in [4.69, 9.17) is 0 Å². The molecule has 0 unspecified atom stereocenters. The van der Waals surface area contributed by atoms with E-state index >= 15 is 0 Å². The lowest BCUT2D eigenvalue weighted by atomic mass is 10.3. The summed E-state index contributed by atoms with van der Waals surface area (Å²) in [5.41, 5.74) is 0.161. The standard InChI is InChI=1S/C13H8IN3O4S/c14-12-8-16(13-11(12)2-1-7-15-13)22(20,21)10-5-3-9(4-6-10)17(18)19/h1-8H. The van der Waals surface area contributed by atoms with Crippen molar-refractivity contribution in [1.29, 1.82) is 0 Å². The minimum absolute atomic E-state index is 0.0305. The van der Waals surface area contributed by atoms with E-state index in [1.54, 1.807) is 12.1 Å². The number of nitro benzene ring substituents is 1. The third-order valence-electron chi connectivity index (χ3n) is 3.09. The average molecular weight is 429 g/mol. The summed E-state index contributed by atoms with van der Waals surface area (Å²) in [6.45, 7) is 0. The summed E-state index contributed by atoms with van der Waals surface area (Å²) in [7, 11) is -3.86. The predicted molar refractivity (Wildman–Crippen MR) is 88.1 cm³/mol. The topological polar surface area (TPSA) is 95.1 Å². The highest BCUT2D eigenvalue weighted by Crippen LogP contribution is 2.26. The SMILES string of the molecule is O=[N+]([O-])c1ccc(S(=O)(=O)n2cc(I)c3cccnc32)cc1. The van der Waals surface area contributed by atoms with Crippen LogP contribution in [0.3, 0.4) is 0 Å². The number of fused-ring (bicyclic) bond motifs is 1. The molecule has 7 nitrogen and oxygen atoms in total. The highest BCUT2D eigenvalue weighted by atomic mass is 127. The fourth-order valence-corrected chi connectivity index (χ4v) is 4.24. The number of nitro groups is 1. The van der Waals surface area contributed by atoms with Crippen LogP contribution >= 0.6 is 22.6 Å². The molecule has 1 aromatic carbocycles. The van der Waals surface area contributed by atoms with E-state index in [0.29, 0.717) is 5.65 Å². The van der Waals surface area contributed by atoms with Gasteiger partial charge in [0.25, 0.3) is 15.7 Å². The minimum atomic E-state index is -3.86. The van der Waals surface area contributed by atoms with E-state index in [0.717, 1.165) is 25.1 Å². The molecule has 22 heavy (non-hydrogen) atoms. The second kappa shape index (κ2) is 5.32. The van der Waals surface area contributed by atoms with E-state index in [-0.39, 0.29) is 10.6 Å². The molecule has 0 aliphatic rings. The first-order valence-electron chi connectivity index (χ1n) is 6.03. The second-order valence-corrected chi connectivity index (χ2v) is 7.38. The molecule has 0 saturated heterocycles. The maximum Gasteiger partial charge on any atom is 0.269 e. The van der Waals surface area contributed by atoms with Crippen molar-refractivity contribution in [3.63, 3.8) is 0 Å². The maximum absolute atomic E-state index is 12.7. The first kappa shape index (κ1) is 14.9. The molecule has 0 atom stereocenters. The molecule has 112 valence electrons. The molecule has 0 aliphatic carbocycles. The Morgan fingerprint density at radius 2 is 1.86 bits per heavy atom. The molecule has 0 bridgehead atoms. The second-order valence-electron chi connectivity index (χ2n) is 4.40. The van der Waals surface area contributed by atoms with Crippen molar-refractivity contribution in [2.24, 2.45) is 0 Å². The fraction of sp³-hybridized carbons (Fsp3) is 0. The number of hydrogen-bond acceptors (Lipinski definition) is 5. The first-order valence-corrected chi connectivity index (χ1v) is 8.55. The molecule has 0 amide bonds. The van der Waals surface area contributed by atoms with Crippen molar-refractivity contribution in [3.05, 3.63) is 62.5 Å². The van der Waals surface area contributed by atoms with Gasteiger partial charge in [0.15, 0.2) is 5.65 Å². The lowest BCUT2D eigenvalue weighted by Gasteiger charge is -2.06. The number of rotatable bonds is 3. The molecule has 3 aromatic rings. The molecular weight excluding hydrogens is 421 g/mol. The normalized spacial score (nSPS) is 11.7. The summed E-state index contributed by atoms with van der Waals surface area (Å²) < 4.78 is 27.2. The Kier molecular flexibility index (Phi) is 3.60. The van der Waals surface area contributed by atoms with Crippen molar-refractivity contribution >= 4 is 49.3 Å². The Balaban J connectivity index is 2.18. The van der Waals surface area contributed by atoms with Crippen molar-refractivity contribution in [1.82, 2.24) is 8.96 Å². The zero-order valence-corrected chi connectivity index (χ0v) is 13.9. The van der Waals surface area contributed by atoms with Gasteiger partial charge in [-0.3, -0.25) is 10.1 Å². The van der Waals surface area contributed by atoms with Crippen LogP contribution in [0.4, 0.5) is 5.69 Å². The summed E-state index contributed by atoms with van der Waals surface area (Å²) in [6.07, 6.45) is 3.00. The van der Waals surface area contributed by atoms with Gasteiger partial charge in [-0.15, -0.1) is 0 Å². The quantitative estimate of drug-likeness (QED) is 0.363. The molecule has 0 radical (unpaired) electrons. The van der Waals surface area contributed by atoms with Gasteiger partial charge >= 0.3 is 0 Å². The number of non-ortho nitro benzene ring substituents is 1. The highest BCUT2D eigenvalue weighted by molar-refractivity contribution is 14.1. The van der Waals surface area contributed by atoms with Gasteiger partial charge in [0.2, 0.25) is 0 Å². The van der Waals surface area contributed by atoms with E-state index in [1.807, 2.05) is 22.6 Å². The molecule has 0 saturated carbocycles. The van der Waals surface area contributed by atoms with Crippen molar-refractivity contribution in [2.45, 2.75) is 4.90 Å². The summed E-state index contributed by atoms with van der Waals surface area (Å²) >= 11 is 2.04. The molecule has 0 spiro atoms. The number of nitrogens with zero attached hydrogens (tertiary/aromatic N) is 3. The van der Waals surface area contributed by atoms with Crippen molar-refractivity contribution < 1.29 is 13.3 Å². The van der Waals surface area contributed by atoms with Crippen molar-refractivity contribution in [2.75, 3.05) is 0 Å². The summed E-state index contributed by atoms with van der Waals surface area (Å²) in [5, 5.41) is 11.4. The summed E-state index contributed by atoms with van der Waals surface area (Å²) in [5.74, 6) is 0. The first-order chi connectivity index (χ1) is 10.4. The minimum Gasteiger partial charge on any atom is -0.258 e. The number of hydrogen-bond donors (Lipinski definition) is 0. The van der Waals surface area contributed by atoms with Gasteiger partial charge < -0.3 is 0 Å². The van der Waals surface area contributed by atoms with Crippen LogP contribution in [0.15, 0.2) is 53.7 Å². The van der Waals surface area contributed by atoms with Crippen LogP contribution in [0.25, 0.3) is 11.0 Å². The van der Waals surface area contributed by atoms with Gasteiger partial charge in [-0.05, 0) is 46.9 Å². The van der Waals surface area contributed by atoms with Crippen LogP contribution in [0.1, 0.15) is 0 Å². The molecule has 0 aliphatic heterocycles. The van der Waals surface area contributed by atoms with E-state index in [9.17, 15) is 18.5 Å². The van der Waals surface area contributed by atoms with Gasteiger partial charge in [-0.1, -0.05) is 0 Å². The zero-order valence-electron chi connectivity index (χ0n) is 10.9. The molecule has 0 fully saturated rings. The summed E-state index contributed by atoms with van der Waals surface area (Å²) in [6, 6.07) is 8.28. The van der Waals surface area contributed by atoms with Gasteiger partial charge in [0.1, 0.15) is 0 Å². The van der Waals surface area contributed by atoms with Crippen molar-refractivity contribution in [3.8, 4) is 0 Å². The number of pyridine rings is 1. The van der Waals surface area contributed by atoms with E-state index in [1.165, 1.54) is 24.5 Å². The third kappa shape index (κ3) is 2.35. The molecule has 2 aromatic heterocycles. The Bertz CT molecular complexity index is 980. The fourth-order valence-electron chi connectivity index (χ4n) is 2.03. The molecule has 9 heteroatoms. The average Bonchev–Trinajstić information content (AvgIpc) is 2.86. The van der Waals surface area contributed by atoms with Crippen LogP contribution in [0.5, 0.6) is 0 Å². The Hall–Kier alpha value is -2.01. The Morgan fingerprint density at radius 1 is 1.18 bits per heavy atom. The number of halogens is 1. The number of aromatic nitrogens is 2. The lowest BCUT2D eigenvalue weighted by Crippen LogP contribution is -2.12. The van der Waals surface area contributed by atoms with Crippen LogP contribution in [0, 0.1) is 13.7 Å². The predicted octanol–water partition coefficient (Wildman–Crippen LogP) is 2.79. The highest BCUT2D eigenvalue weighted by Gasteiger charge is 2.22. The molecular formula is C13H8IN3O4S. The Labute approximate surface area is 138 Å². The van der Waals surface area contributed by atoms with Gasteiger partial charge in [-0.25, -0.2) is 17.4 Å². The molecule has 3 rings (SSSR count). The lowest BCUT2D eigenvalue weighted by molar-refractivity contribution is -0.384. The van der Waals surface area contributed by atoms with Crippen LogP contribution in [-0.4, -0.2) is 22.3 Å².